The van der Waals surface area contributed by atoms with Crippen molar-refractivity contribution >= 4 is 51.7 Å². The summed E-state index contributed by atoms with van der Waals surface area (Å²) in [5, 5.41) is 18.8. The van der Waals surface area contributed by atoms with E-state index in [4.69, 9.17) is 39.1 Å². The molecule has 6 nitrogen and oxygen atoms in total. The highest BCUT2D eigenvalue weighted by atomic mass is 35.5. The third kappa shape index (κ3) is 4.62. The highest BCUT2D eigenvalue weighted by Gasteiger charge is 2.27. The van der Waals surface area contributed by atoms with Crippen molar-refractivity contribution in [2.45, 2.75) is 0 Å². The molecule has 2 aromatic rings. The molecule has 28 heavy (non-hydrogen) atoms. The van der Waals surface area contributed by atoms with Crippen LogP contribution in [0.15, 0.2) is 23.2 Å². The van der Waals surface area contributed by atoms with Crippen LogP contribution in [0.3, 0.4) is 0 Å². The first-order chi connectivity index (χ1) is 13.6. The number of halogens is 3. The van der Waals surface area contributed by atoms with Gasteiger partial charge in [0.25, 0.3) is 0 Å². The SMILES string of the molecule is CF.N#Cc1c(N2CCOCC2)sc(C(N)=NC=N)c1-c1ccc(Cl)cc1Cl. The van der Waals surface area contributed by atoms with Gasteiger partial charge in [0.05, 0.1) is 30.8 Å². The summed E-state index contributed by atoms with van der Waals surface area (Å²) < 4.78 is 14.9. The molecule has 1 saturated heterocycles. The Morgan fingerprint density at radius 1 is 1.39 bits per heavy atom. The molecular weight excluding hydrogens is 424 g/mol. The number of nitrogens with one attached hydrogen (secondary N) is 1. The number of nitriles is 1. The van der Waals surface area contributed by atoms with Gasteiger partial charge in [0.15, 0.2) is 0 Å². The Labute approximate surface area is 176 Å². The van der Waals surface area contributed by atoms with Gasteiger partial charge in [-0.25, -0.2) is 4.99 Å². The van der Waals surface area contributed by atoms with Crippen LogP contribution in [0.2, 0.25) is 10.0 Å². The van der Waals surface area contributed by atoms with Crippen LogP contribution >= 0.6 is 34.5 Å². The molecule has 0 unspecified atom stereocenters. The zero-order valence-electron chi connectivity index (χ0n) is 15.0. The number of hydrogen-bond donors (Lipinski definition) is 2. The fourth-order valence-electron chi connectivity index (χ4n) is 2.77. The number of ether oxygens (including phenoxy) is 1. The van der Waals surface area contributed by atoms with Crippen molar-refractivity contribution in [1.29, 1.82) is 10.7 Å². The maximum atomic E-state index is 9.87. The summed E-state index contributed by atoms with van der Waals surface area (Å²) in [7, 11) is 0.500. The number of morpholine rings is 1. The summed E-state index contributed by atoms with van der Waals surface area (Å²) in [6.07, 6.45) is 0.878. The first-order valence-corrected chi connectivity index (χ1v) is 9.69. The highest BCUT2D eigenvalue weighted by Crippen LogP contribution is 2.44. The van der Waals surface area contributed by atoms with Crippen molar-refractivity contribution in [3.05, 3.63) is 38.7 Å². The van der Waals surface area contributed by atoms with E-state index in [-0.39, 0.29) is 5.84 Å². The number of anilines is 1. The molecule has 1 aromatic carbocycles. The predicted molar refractivity (Wildman–Crippen MR) is 114 cm³/mol. The maximum Gasteiger partial charge on any atom is 0.143 e. The summed E-state index contributed by atoms with van der Waals surface area (Å²) in [6.45, 7) is 2.56. The highest BCUT2D eigenvalue weighted by molar-refractivity contribution is 7.19. The molecule has 1 fully saturated rings. The number of thiophene rings is 1. The first kappa shape index (κ1) is 22.1. The van der Waals surface area contributed by atoms with Crippen molar-refractivity contribution < 1.29 is 9.13 Å². The number of alkyl halides is 1. The third-order valence-corrected chi connectivity index (χ3v) is 5.76. The number of nitrogens with zero attached hydrogens (tertiary/aromatic N) is 3. The Bertz CT molecular complexity index is 919. The minimum Gasteiger partial charge on any atom is -0.382 e. The zero-order valence-corrected chi connectivity index (χ0v) is 17.3. The minimum absolute atomic E-state index is 0.169. The van der Waals surface area contributed by atoms with Crippen molar-refractivity contribution in [3.8, 4) is 17.2 Å². The van der Waals surface area contributed by atoms with E-state index in [0.29, 0.717) is 65.1 Å². The Balaban J connectivity index is 0.00000136. The van der Waals surface area contributed by atoms with Gasteiger partial charge in [-0.05, 0) is 12.1 Å². The zero-order chi connectivity index (χ0) is 20.7. The average Bonchev–Trinajstić information content (AvgIpc) is 3.10. The summed E-state index contributed by atoms with van der Waals surface area (Å²) in [5.41, 5.74) is 7.83. The molecule has 0 radical (unpaired) electrons. The molecule has 0 spiro atoms. The van der Waals surface area contributed by atoms with Gasteiger partial charge < -0.3 is 15.4 Å². The molecule has 0 atom stereocenters. The molecule has 0 amide bonds. The number of benzene rings is 1. The van der Waals surface area contributed by atoms with Crippen LogP contribution in [-0.4, -0.2) is 45.7 Å². The number of amidine groups is 1. The van der Waals surface area contributed by atoms with Gasteiger partial charge in [-0.15, -0.1) is 11.3 Å². The van der Waals surface area contributed by atoms with E-state index < -0.39 is 0 Å². The summed E-state index contributed by atoms with van der Waals surface area (Å²) >= 11 is 13.8. The number of rotatable bonds is 4. The monoisotopic (exact) mass is 441 g/mol. The lowest BCUT2D eigenvalue weighted by atomic mass is 10.0. The quantitative estimate of drug-likeness (QED) is 0.544. The molecule has 0 saturated carbocycles. The summed E-state index contributed by atoms with van der Waals surface area (Å²) in [5.74, 6) is 0.169. The van der Waals surface area contributed by atoms with Gasteiger partial charge in [-0.1, -0.05) is 29.3 Å². The lowest BCUT2D eigenvalue weighted by molar-refractivity contribution is 0.123. The van der Waals surface area contributed by atoms with Crippen LogP contribution in [0.5, 0.6) is 0 Å². The van der Waals surface area contributed by atoms with Crippen LogP contribution in [0, 0.1) is 16.7 Å². The van der Waals surface area contributed by atoms with E-state index in [1.54, 1.807) is 18.2 Å². The molecule has 1 aromatic heterocycles. The molecule has 2 heterocycles. The fraction of sp³-hybridized carbons (Fsp3) is 0.278. The standard InChI is InChI=1S/C17H15Cl2N5OS.CH3F/c18-10-1-2-11(13(19)7-10)14-12(8-20)17(24-3-5-25-6-4-24)26-15(14)16(22)23-9-21;1-2/h1-2,7,9H,3-6H2,(H3,21,22,23);1H3. The van der Waals surface area contributed by atoms with Crippen molar-refractivity contribution in [2.24, 2.45) is 10.7 Å². The molecule has 1 aliphatic heterocycles. The van der Waals surface area contributed by atoms with Gasteiger partial charge >= 0.3 is 0 Å². The van der Waals surface area contributed by atoms with E-state index in [2.05, 4.69) is 16.0 Å². The molecule has 148 valence electrons. The van der Waals surface area contributed by atoms with Gasteiger partial charge in [0.2, 0.25) is 0 Å². The van der Waals surface area contributed by atoms with Gasteiger partial charge in [0, 0.05) is 34.3 Å². The number of aliphatic imine (C=N–C) groups is 1. The van der Waals surface area contributed by atoms with E-state index in [9.17, 15) is 9.65 Å². The Hall–Kier alpha value is -2.18. The second kappa shape index (κ2) is 10.4. The summed E-state index contributed by atoms with van der Waals surface area (Å²) in [6, 6.07) is 7.39. The average molecular weight is 442 g/mol. The van der Waals surface area contributed by atoms with Gasteiger partial charge in [-0.3, -0.25) is 9.80 Å². The van der Waals surface area contributed by atoms with E-state index in [1.807, 2.05) is 0 Å². The first-order valence-electron chi connectivity index (χ1n) is 8.12. The second-order valence-corrected chi connectivity index (χ2v) is 7.31. The Kier molecular flexibility index (Phi) is 8.20. The molecule has 3 rings (SSSR count). The van der Waals surface area contributed by atoms with Crippen molar-refractivity contribution in [3.63, 3.8) is 0 Å². The topological polar surface area (TPSA) is 98.5 Å². The normalized spacial score (nSPS) is 14.1. The molecule has 3 N–H and O–H groups in total. The lowest BCUT2D eigenvalue weighted by Crippen LogP contribution is -2.36. The Morgan fingerprint density at radius 2 is 2.07 bits per heavy atom. The van der Waals surface area contributed by atoms with Crippen LogP contribution in [0.4, 0.5) is 9.39 Å². The van der Waals surface area contributed by atoms with E-state index >= 15 is 0 Å². The maximum absolute atomic E-state index is 9.87. The number of hydrogen-bond acceptors (Lipinski definition) is 5. The fourth-order valence-corrected chi connectivity index (χ4v) is 4.50. The van der Waals surface area contributed by atoms with Crippen LogP contribution < -0.4 is 10.6 Å². The molecule has 10 heteroatoms. The minimum atomic E-state index is 0.169. The number of nitrogens with two attached hydrogens (primary N) is 1. The van der Waals surface area contributed by atoms with Crippen LogP contribution in [0.1, 0.15) is 10.4 Å². The molecular formula is C18H18Cl2FN5OS. The molecule has 0 aliphatic carbocycles. The van der Waals surface area contributed by atoms with Crippen molar-refractivity contribution in [2.75, 3.05) is 38.4 Å². The lowest BCUT2D eigenvalue weighted by Gasteiger charge is -2.27. The van der Waals surface area contributed by atoms with Gasteiger partial charge in [-0.2, -0.15) is 5.26 Å². The predicted octanol–water partition coefficient (Wildman–Crippen LogP) is 4.33. The Morgan fingerprint density at radius 3 is 2.64 bits per heavy atom. The molecule has 1 aliphatic rings. The van der Waals surface area contributed by atoms with E-state index in [0.717, 1.165) is 11.3 Å². The third-order valence-electron chi connectivity index (χ3n) is 3.94. The smallest absolute Gasteiger partial charge is 0.143 e. The van der Waals surface area contributed by atoms with Crippen LogP contribution in [-0.2, 0) is 4.74 Å². The van der Waals surface area contributed by atoms with Crippen LogP contribution in [0.25, 0.3) is 11.1 Å². The largest absolute Gasteiger partial charge is 0.382 e. The van der Waals surface area contributed by atoms with Crippen molar-refractivity contribution in [1.82, 2.24) is 0 Å². The molecule has 0 bridgehead atoms. The second-order valence-electron chi connectivity index (χ2n) is 5.47. The summed E-state index contributed by atoms with van der Waals surface area (Å²) in [4.78, 5) is 6.59. The van der Waals surface area contributed by atoms with E-state index in [1.165, 1.54) is 11.3 Å². The van der Waals surface area contributed by atoms with Gasteiger partial charge in [0.1, 0.15) is 23.2 Å².